The van der Waals surface area contributed by atoms with Crippen molar-refractivity contribution in [3.05, 3.63) is 22.4 Å². The average Bonchev–Trinajstić information content (AvgIpc) is 2.93. The predicted molar refractivity (Wildman–Crippen MR) is 83.4 cm³/mol. The van der Waals surface area contributed by atoms with Crippen molar-refractivity contribution in [2.45, 2.75) is 44.0 Å². The molecule has 2 heterocycles. The van der Waals surface area contributed by atoms with Gasteiger partial charge in [0.15, 0.2) is 0 Å². The smallest absolute Gasteiger partial charge is 0.0594 e. The summed E-state index contributed by atoms with van der Waals surface area (Å²) in [6.07, 6.45) is 2.31. The van der Waals surface area contributed by atoms with Gasteiger partial charge in [0, 0.05) is 35.0 Å². The largest absolute Gasteiger partial charge is 0.326 e. The average molecular weight is 284 g/mol. The summed E-state index contributed by atoms with van der Waals surface area (Å²) in [5, 5.41) is 2.95. The van der Waals surface area contributed by atoms with E-state index in [1.165, 1.54) is 30.1 Å². The fraction of sp³-hybridized carbons (Fsp3) is 0.714. The van der Waals surface area contributed by atoms with Crippen LogP contribution in [0.25, 0.3) is 0 Å². The van der Waals surface area contributed by atoms with E-state index in [9.17, 15) is 0 Å². The van der Waals surface area contributed by atoms with Crippen LogP contribution in [-0.4, -0.2) is 35.0 Å². The SMILES string of the molecule is CCC1CN(C(c2cccs2)C(N)CC)CCS1. The van der Waals surface area contributed by atoms with E-state index in [0.717, 1.165) is 11.7 Å². The molecule has 1 aliphatic heterocycles. The van der Waals surface area contributed by atoms with Crippen molar-refractivity contribution in [2.24, 2.45) is 5.73 Å². The van der Waals surface area contributed by atoms with Crippen LogP contribution in [0.2, 0.25) is 0 Å². The Morgan fingerprint density at radius 3 is 2.94 bits per heavy atom. The lowest BCUT2D eigenvalue weighted by atomic mass is 10.0. The molecule has 1 aromatic rings. The quantitative estimate of drug-likeness (QED) is 0.899. The maximum Gasteiger partial charge on any atom is 0.0594 e. The van der Waals surface area contributed by atoms with Crippen LogP contribution in [0.1, 0.15) is 37.6 Å². The summed E-state index contributed by atoms with van der Waals surface area (Å²) < 4.78 is 0. The minimum Gasteiger partial charge on any atom is -0.326 e. The van der Waals surface area contributed by atoms with Gasteiger partial charge in [0.1, 0.15) is 0 Å². The van der Waals surface area contributed by atoms with Crippen LogP contribution in [0, 0.1) is 0 Å². The van der Waals surface area contributed by atoms with Gasteiger partial charge < -0.3 is 5.73 Å². The monoisotopic (exact) mass is 284 g/mol. The van der Waals surface area contributed by atoms with Crippen LogP contribution >= 0.6 is 23.1 Å². The number of nitrogens with two attached hydrogens (primary N) is 1. The van der Waals surface area contributed by atoms with Gasteiger partial charge in [-0.3, -0.25) is 4.90 Å². The Hall–Kier alpha value is -0.0300. The molecule has 2 nitrogen and oxygen atoms in total. The third-order valence-corrected chi connectivity index (χ3v) is 6.05. The summed E-state index contributed by atoms with van der Waals surface area (Å²) in [5.74, 6) is 1.25. The minimum absolute atomic E-state index is 0.254. The van der Waals surface area contributed by atoms with E-state index in [1.807, 2.05) is 11.3 Å². The number of rotatable bonds is 5. The van der Waals surface area contributed by atoms with Crippen molar-refractivity contribution in [3.8, 4) is 0 Å². The molecule has 18 heavy (non-hydrogen) atoms. The van der Waals surface area contributed by atoms with Gasteiger partial charge >= 0.3 is 0 Å². The Bertz CT molecular complexity index is 340. The standard InChI is InChI=1S/C14H24N2S2/c1-3-11-10-16(7-9-17-11)14(12(15)4-2)13-6-5-8-18-13/h5-6,8,11-12,14H,3-4,7,9-10,15H2,1-2H3. The number of hydrogen-bond acceptors (Lipinski definition) is 4. The van der Waals surface area contributed by atoms with Crippen LogP contribution in [0.15, 0.2) is 17.5 Å². The Morgan fingerprint density at radius 2 is 2.33 bits per heavy atom. The normalized spacial score (nSPS) is 24.9. The Labute approximate surface area is 119 Å². The maximum atomic E-state index is 6.38. The fourth-order valence-electron chi connectivity index (χ4n) is 2.59. The Morgan fingerprint density at radius 1 is 1.50 bits per heavy atom. The molecule has 4 heteroatoms. The molecule has 1 aliphatic rings. The van der Waals surface area contributed by atoms with E-state index in [1.54, 1.807) is 0 Å². The highest BCUT2D eigenvalue weighted by Crippen LogP contribution is 2.33. The highest BCUT2D eigenvalue weighted by Gasteiger charge is 2.30. The first kappa shape index (κ1) is 14.4. The van der Waals surface area contributed by atoms with Gasteiger partial charge in [-0.25, -0.2) is 0 Å². The van der Waals surface area contributed by atoms with Crippen molar-refractivity contribution >= 4 is 23.1 Å². The highest BCUT2D eigenvalue weighted by molar-refractivity contribution is 8.00. The summed E-state index contributed by atoms with van der Waals surface area (Å²) in [5.41, 5.74) is 6.38. The molecule has 0 amide bonds. The fourth-order valence-corrected chi connectivity index (χ4v) is 4.73. The van der Waals surface area contributed by atoms with Gasteiger partial charge in [-0.05, 0) is 24.3 Å². The third kappa shape index (κ3) is 3.29. The number of nitrogens with zero attached hydrogens (tertiary/aromatic N) is 1. The zero-order valence-electron chi connectivity index (χ0n) is 11.3. The molecule has 1 aromatic heterocycles. The summed E-state index contributed by atoms with van der Waals surface area (Å²) in [7, 11) is 0. The van der Waals surface area contributed by atoms with E-state index in [-0.39, 0.29) is 6.04 Å². The molecule has 3 unspecified atom stereocenters. The first-order valence-corrected chi connectivity index (χ1v) is 8.83. The van der Waals surface area contributed by atoms with E-state index in [2.05, 4.69) is 48.0 Å². The summed E-state index contributed by atoms with van der Waals surface area (Å²) in [4.78, 5) is 4.05. The second-order valence-corrected chi connectivity index (χ2v) is 7.32. The molecular weight excluding hydrogens is 260 g/mol. The second-order valence-electron chi connectivity index (χ2n) is 4.93. The van der Waals surface area contributed by atoms with E-state index >= 15 is 0 Å². The topological polar surface area (TPSA) is 29.3 Å². The van der Waals surface area contributed by atoms with Gasteiger partial charge in [-0.1, -0.05) is 19.9 Å². The molecule has 1 fully saturated rings. The maximum absolute atomic E-state index is 6.38. The van der Waals surface area contributed by atoms with Crippen LogP contribution < -0.4 is 5.73 Å². The zero-order chi connectivity index (χ0) is 13.0. The lowest BCUT2D eigenvalue weighted by Gasteiger charge is -2.39. The first-order valence-electron chi connectivity index (χ1n) is 6.90. The summed E-state index contributed by atoms with van der Waals surface area (Å²) >= 11 is 3.97. The highest BCUT2D eigenvalue weighted by atomic mass is 32.2. The number of thioether (sulfide) groups is 1. The molecule has 1 saturated heterocycles. The summed E-state index contributed by atoms with van der Waals surface area (Å²) in [6, 6.07) is 5.06. The van der Waals surface area contributed by atoms with Crippen LogP contribution in [0.4, 0.5) is 0 Å². The second kappa shape index (κ2) is 6.94. The van der Waals surface area contributed by atoms with Crippen LogP contribution in [-0.2, 0) is 0 Å². The van der Waals surface area contributed by atoms with Crippen molar-refractivity contribution in [1.29, 1.82) is 0 Å². The van der Waals surface area contributed by atoms with E-state index in [4.69, 9.17) is 5.73 Å². The molecule has 2 N–H and O–H groups in total. The van der Waals surface area contributed by atoms with Gasteiger partial charge in [-0.15, -0.1) is 11.3 Å². The van der Waals surface area contributed by atoms with Crippen molar-refractivity contribution in [2.75, 3.05) is 18.8 Å². The molecular formula is C14H24N2S2. The van der Waals surface area contributed by atoms with Gasteiger partial charge in [0.25, 0.3) is 0 Å². The lowest BCUT2D eigenvalue weighted by Crippen LogP contribution is -2.46. The zero-order valence-corrected chi connectivity index (χ0v) is 13.0. The molecule has 0 saturated carbocycles. The summed E-state index contributed by atoms with van der Waals surface area (Å²) in [6.45, 7) is 6.86. The molecule has 0 bridgehead atoms. The Kier molecular flexibility index (Phi) is 5.55. The molecule has 3 atom stereocenters. The molecule has 0 radical (unpaired) electrons. The van der Waals surface area contributed by atoms with Crippen LogP contribution in [0.5, 0.6) is 0 Å². The van der Waals surface area contributed by atoms with Gasteiger partial charge in [0.2, 0.25) is 0 Å². The van der Waals surface area contributed by atoms with Crippen LogP contribution in [0.3, 0.4) is 0 Å². The molecule has 2 rings (SSSR count). The van der Waals surface area contributed by atoms with Crippen molar-refractivity contribution in [3.63, 3.8) is 0 Å². The molecule has 0 aromatic carbocycles. The number of hydrogen-bond donors (Lipinski definition) is 1. The molecule has 0 aliphatic carbocycles. The predicted octanol–water partition coefficient (Wildman–Crippen LogP) is 3.35. The first-order chi connectivity index (χ1) is 8.76. The Balaban J connectivity index is 2.13. The van der Waals surface area contributed by atoms with Gasteiger partial charge in [0.05, 0.1) is 6.04 Å². The minimum atomic E-state index is 0.254. The third-order valence-electron chi connectivity index (χ3n) is 3.73. The van der Waals surface area contributed by atoms with E-state index in [0.29, 0.717) is 6.04 Å². The van der Waals surface area contributed by atoms with Crippen molar-refractivity contribution < 1.29 is 0 Å². The number of thiophene rings is 1. The van der Waals surface area contributed by atoms with Gasteiger partial charge in [-0.2, -0.15) is 11.8 Å². The van der Waals surface area contributed by atoms with E-state index < -0.39 is 0 Å². The lowest BCUT2D eigenvalue weighted by molar-refractivity contribution is 0.177. The molecule has 0 spiro atoms. The van der Waals surface area contributed by atoms with Crippen molar-refractivity contribution in [1.82, 2.24) is 4.90 Å². The molecule has 102 valence electrons.